The van der Waals surface area contributed by atoms with Crippen molar-refractivity contribution in [1.29, 1.82) is 0 Å². The molecule has 2 fully saturated rings. The predicted molar refractivity (Wildman–Crippen MR) is 138 cm³/mol. The second-order valence-electron chi connectivity index (χ2n) is 11.1. The summed E-state index contributed by atoms with van der Waals surface area (Å²) in [5.41, 5.74) is 0.552. The molecule has 36 heavy (non-hydrogen) atoms. The maximum Gasteiger partial charge on any atom is 0.256 e. The third-order valence-corrected chi connectivity index (χ3v) is 7.00. The minimum absolute atomic E-state index is 0.0910. The molecule has 4 rings (SSSR count). The van der Waals surface area contributed by atoms with Gasteiger partial charge in [0.1, 0.15) is 11.8 Å². The molecule has 0 radical (unpaired) electrons. The minimum Gasteiger partial charge on any atom is -0.353 e. The molecule has 2 aromatic rings. The molecule has 3 amide bonds. The first-order valence-corrected chi connectivity index (χ1v) is 12.7. The Bertz CT molecular complexity index is 1070. The highest BCUT2D eigenvalue weighted by molar-refractivity contribution is 5.98. The molecule has 7 heteroatoms. The molecule has 2 heterocycles. The number of carbonyl (C=O) groups excluding carboxylic acids is 3. The molecule has 7 nitrogen and oxygen atoms in total. The molecule has 0 bridgehead atoms. The van der Waals surface area contributed by atoms with Crippen molar-refractivity contribution >= 4 is 17.7 Å². The second kappa shape index (κ2) is 10.4. The van der Waals surface area contributed by atoms with Gasteiger partial charge < -0.3 is 14.5 Å². The predicted octanol–water partition coefficient (Wildman–Crippen LogP) is 3.94. The Balaban J connectivity index is 1.56. The number of benzene rings is 2. The van der Waals surface area contributed by atoms with E-state index in [9.17, 15) is 14.4 Å². The summed E-state index contributed by atoms with van der Waals surface area (Å²) in [5, 5.41) is 0. The molecule has 0 saturated carbocycles. The first-order valence-electron chi connectivity index (χ1n) is 12.7. The van der Waals surface area contributed by atoms with Crippen LogP contribution in [0.4, 0.5) is 0 Å². The summed E-state index contributed by atoms with van der Waals surface area (Å²) in [6.07, 6.45) is 1.43. The fourth-order valence-electron chi connectivity index (χ4n) is 5.14. The van der Waals surface area contributed by atoms with Crippen molar-refractivity contribution in [2.45, 2.75) is 58.3 Å². The summed E-state index contributed by atoms with van der Waals surface area (Å²) < 4.78 is 6.32. The lowest BCUT2D eigenvalue weighted by Crippen LogP contribution is -2.60. The van der Waals surface area contributed by atoms with Crippen LogP contribution in [0.5, 0.6) is 0 Å². The van der Waals surface area contributed by atoms with E-state index >= 15 is 0 Å². The Morgan fingerprint density at radius 1 is 0.972 bits per heavy atom. The van der Waals surface area contributed by atoms with E-state index in [1.807, 2.05) is 53.4 Å². The smallest absolute Gasteiger partial charge is 0.256 e. The summed E-state index contributed by atoms with van der Waals surface area (Å²) in [4.78, 5) is 45.5. The van der Waals surface area contributed by atoms with Crippen molar-refractivity contribution in [3.05, 3.63) is 71.8 Å². The third kappa shape index (κ3) is 5.62. The number of rotatable bonds is 5. The van der Waals surface area contributed by atoms with E-state index in [0.29, 0.717) is 44.5 Å². The number of likely N-dealkylation sites (tertiary alicyclic amines) is 1. The number of carbonyl (C=O) groups is 3. The molecule has 2 aliphatic rings. The van der Waals surface area contributed by atoms with Crippen molar-refractivity contribution < 1.29 is 19.1 Å². The number of likely N-dealkylation sites (N-methyl/N-ethyl adjacent to an activating group) is 1. The number of ether oxygens (including phenoxy) is 1. The maximum atomic E-state index is 13.8. The summed E-state index contributed by atoms with van der Waals surface area (Å²) in [6.45, 7) is 7.75. The zero-order valence-electron chi connectivity index (χ0n) is 21.8. The van der Waals surface area contributed by atoms with Crippen LogP contribution >= 0.6 is 0 Å². The SMILES string of the molecule is CN(Cc1ccccc1)C(=O)[C@H]1COC2(CCN(C(=O)CC(C)(C)C)CC2)N1C(=O)c1ccccc1. The molecular weight excluding hydrogens is 454 g/mol. The van der Waals surface area contributed by atoms with Crippen molar-refractivity contribution in [2.75, 3.05) is 26.7 Å². The molecule has 0 aromatic heterocycles. The van der Waals surface area contributed by atoms with Crippen LogP contribution in [0, 0.1) is 5.41 Å². The summed E-state index contributed by atoms with van der Waals surface area (Å²) in [6, 6.07) is 18.1. The van der Waals surface area contributed by atoms with Crippen molar-refractivity contribution in [3.8, 4) is 0 Å². The van der Waals surface area contributed by atoms with E-state index in [1.54, 1.807) is 29.0 Å². The minimum atomic E-state index is -0.903. The second-order valence-corrected chi connectivity index (χ2v) is 11.1. The van der Waals surface area contributed by atoms with Gasteiger partial charge in [0.15, 0.2) is 0 Å². The van der Waals surface area contributed by atoms with Crippen LogP contribution in [-0.2, 0) is 20.9 Å². The van der Waals surface area contributed by atoms with Crippen LogP contribution in [0.15, 0.2) is 60.7 Å². The summed E-state index contributed by atoms with van der Waals surface area (Å²) in [7, 11) is 1.76. The van der Waals surface area contributed by atoms with Gasteiger partial charge in [-0.15, -0.1) is 0 Å². The highest BCUT2D eigenvalue weighted by atomic mass is 16.5. The molecule has 1 spiro atoms. The van der Waals surface area contributed by atoms with Gasteiger partial charge in [0, 0.05) is 51.5 Å². The van der Waals surface area contributed by atoms with Crippen molar-refractivity contribution in [3.63, 3.8) is 0 Å². The van der Waals surface area contributed by atoms with E-state index in [1.165, 1.54) is 0 Å². The van der Waals surface area contributed by atoms with E-state index in [-0.39, 0.29) is 29.7 Å². The average molecular weight is 492 g/mol. The molecule has 1 atom stereocenters. The maximum absolute atomic E-state index is 13.8. The standard InChI is InChI=1S/C29H37N3O4/c1-28(2,3)19-25(33)31-17-15-29(16-18-31)32(26(34)23-13-9-6-10-14-23)24(21-36-29)27(35)30(4)20-22-11-7-5-8-12-22/h5-14,24H,15-21H2,1-4H3/t24-/m1/s1. The Kier molecular flexibility index (Phi) is 7.50. The third-order valence-electron chi connectivity index (χ3n) is 7.00. The molecule has 2 saturated heterocycles. The average Bonchev–Trinajstić information content (AvgIpc) is 3.21. The molecule has 0 N–H and O–H groups in total. The lowest BCUT2D eigenvalue weighted by Gasteiger charge is -2.45. The molecule has 0 unspecified atom stereocenters. The van der Waals surface area contributed by atoms with Crippen molar-refractivity contribution in [1.82, 2.24) is 14.7 Å². The van der Waals surface area contributed by atoms with Gasteiger partial charge >= 0.3 is 0 Å². The molecular formula is C29H37N3O4. The van der Waals surface area contributed by atoms with E-state index in [2.05, 4.69) is 20.8 Å². The fourth-order valence-corrected chi connectivity index (χ4v) is 5.14. The number of hydrogen-bond acceptors (Lipinski definition) is 4. The van der Waals surface area contributed by atoms with Gasteiger partial charge in [-0.3, -0.25) is 19.3 Å². The summed E-state index contributed by atoms with van der Waals surface area (Å²) in [5.74, 6) is -0.244. The molecule has 2 aromatic carbocycles. The van der Waals surface area contributed by atoms with Gasteiger partial charge in [-0.05, 0) is 23.1 Å². The first kappa shape index (κ1) is 25.9. The Hall–Kier alpha value is -3.19. The largest absolute Gasteiger partial charge is 0.353 e. The lowest BCUT2D eigenvalue weighted by atomic mass is 9.90. The quantitative estimate of drug-likeness (QED) is 0.635. The Morgan fingerprint density at radius 3 is 2.14 bits per heavy atom. The van der Waals surface area contributed by atoms with Crippen LogP contribution in [0.25, 0.3) is 0 Å². The van der Waals surface area contributed by atoms with E-state index in [0.717, 1.165) is 5.56 Å². The highest BCUT2D eigenvalue weighted by Crippen LogP contribution is 2.39. The van der Waals surface area contributed by atoms with Gasteiger partial charge in [-0.2, -0.15) is 0 Å². The fraction of sp³-hybridized carbons (Fsp3) is 0.483. The number of hydrogen-bond donors (Lipinski definition) is 0. The monoisotopic (exact) mass is 491 g/mol. The van der Waals surface area contributed by atoms with Gasteiger partial charge in [-0.1, -0.05) is 69.3 Å². The lowest BCUT2D eigenvalue weighted by molar-refractivity contribution is -0.146. The molecule has 2 aliphatic heterocycles. The van der Waals surface area contributed by atoms with Crippen LogP contribution < -0.4 is 0 Å². The van der Waals surface area contributed by atoms with Gasteiger partial charge in [0.25, 0.3) is 5.91 Å². The number of piperidine rings is 1. The molecule has 0 aliphatic carbocycles. The number of amides is 3. The van der Waals surface area contributed by atoms with Crippen LogP contribution in [-0.4, -0.2) is 70.9 Å². The van der Waals surface area contributed by atoms with Gasteiger partial charge in [-0.25, -0.2) is 0 Å². The molecule has 192 valence electrons. The van der Waals surface area contributed by atoms with E-state index < -0.39 is 11.8 Å². The first-order chi connectivity index (χ1) is 17.1. The summed E-state index contributed by atoms with van der Waals surface area (Å²) >= 11 is 0. The number of nitrogens with zero attached hydrogens (tertiary/aromatic N) is 3. The van der Waals surface area contributed by atoms with Gasteiger partial charge in [0.2, 0.25) is 11.8 Å². The highest BCUT2D eigenvalue weighted by Gasteiger charge is 2.54. The van der Waals surface area contributed by atoms with E-state index in [4.69, 9.17) is 4.74 Å². The van der Waals surface area contributed by atoms with Crippen LogP contribution in [0.2, 0.25) is 0 Å². The Morgan fingerprint density at radius 2 is 1.56 bits per heavy atom. The zero-order valence-corrected chi connectivity index (χ0v) is 21.8. The van der Waals surface area contributed by atoms with Crippen molar-refractivity contribution in [2.24, 2.45) is 5.41 Å². The van der Waals surface area contributed by atoms with Crippen LogP contribution in [0.3, 0.4) is 0 Å². The zero-order chi connectivity index (χ0) is 25.9. The van der Waals surface area contributed by atoms with Crippen LogP contribution in [0.1, 0.15) is 56.0 Å². The normalized spacial score (nSPS) is 19.4. The van der Waals surface area contributed by atoms with Gasteiger partial charge in [0.05, 0.1) is 6.61 Å². The Labute approximate surface area is 214 Å². The topological polar surface area (TPSA) is 70.2 Å².